The van der Waals surface area contributed by atoms with Crippen molar-refractivity contribution in [3.8, 4) is 0 Å². The second kappa shape index (κ2) is 14.6. The van der Waals surface area contributed by atoms with Crippen LogP contribution in [0, 0.1) is 6.92 Å². The van der Waals surface area contributed by atoms with E-state index in [-0.39, 0.29) is 11.8 Å². The summed E-state index contributed by atoms with van der Waals surface area (Å²) in [5.74, 6) is -2.32. The van der Waals surface area contributed by atoms with E-state index in [1.54, 1.807) is 6.33 Å². The number of nitrogens with zero attached hydrogens (tertiary/aromatic N) is 4. The Morgan fingerprint density at radius 2 is 1.37 bits per heavy atom. The fraction of sp³-hybridized carbons (Fsp3) is 0.324. The summed E-state index contributed by atoms with van der Waals surface area (Å²) in [5.41, 5.74) is 8.40. The second-order valence-electron chi connectivity index (χ2n) is 12.6. The van der Waals surface area contributed by atoms with Crippen LogP contribution in [0.2, 0.25) is 0 Å². The molecule has 2 amide bonds. The predicted molar refractivity (Wildman–Crippen MR) is 187 cm³/mol. The lowest BCUT2D eigenvalue weighted by Gasteiger charge is -2.28. The first kappa shape index (κ1) is 34.7. The highest BCUT2D eigenvalue weighted by Gasteiger charge is 2.32. The highest BCUT2D eigenvalue weighted by molar-refractivity contribution is 6.10. The van der Waals surface area contributed by atoms with Crippen LogP contribution >= 0.6 is 0 Å². The molecule has 256 valence electrons. The number of para-hydroxylation sites is 2. The molecule has 0 radical (unpaired) electrons. The molecule has 0 saturated heterocycles. The van der Waals surface area contributed by atoms with Crippen LogP contribution in [0.1, 0.15) is 83.3 Å². The maximum absolute atomic E-state index is 13.2. The fourth-order valence-electron chi connectivity index (χ4n) is 6.70. The molecule has 3 aromatic heterocycles. The number of hydrogen-bond acceptors (Lipinski definition) is 5. The standard InChI is InChI=1S/C19H22N4O.C14H16N2O.C4H4O4/c1-12(2)23-16-7-5-4-6-14(16)18-17(23)8-9-22(19(18)24)10-15-13(3)20-11-21-15;1-9(2)16-11-6-4-3-5-10(11)13-12(16)7-8-15-14(13)17;5-3(6)1-2-4(7)8/h4-7,11-12H,8-10H2,1-3H3,(H,20,21);3-6,9H,7-8H2,1-2H3,(H,15,17);1-2H,(H,5,6)(H,7,8). The third-order valence-corrected chi connectivity index (χ3v) is 8.69. The summed E-state index contributed by atoms with van der Waals surface area (Å²) in [6.45, 7) is 12.7. The number of carbonyl (C=O) groups excluding carboxylic acids is 2. The summed E-state index contributed by atoms with van der Waals surface area (Å²) in [7, 11) is 0. The van der Waals surface area contributed by atoms with Crippen LogP contribution in [0.3, 0.4) is 0 Å². The van der Waals surface area contributed by atoms with Gasteiger partial charge < -0.3 is 34.5 Å². The normalized spacial score (nSPS) is 14.0. The molecular weight excluding hydrogens is 624 g/mol. The van der Waals surface area contributed by atoms with Gasteiger partial charge in [0.2, 0.25) is 0 Å². The smallest absolute Gasteiger partial charge is 0.328 e. The van der Waals surface area contributed by atoms with Crippen molar-refractivity contribution in [1.82, 2.24) is 29.3 Å². The van der Waals surface area contributed by atoms with Gasteiger partial charge in [-0.2, -0.15) is 0 Å². The Labute approximate surface area is 284 Å². The second-order valence-corrected chi connectivity index (χ2v) is 12.6. The number of aryl methyl sites for hydroxylation is 1. The van der Waals surface area contributed by atoms with Gasteiger partial charge in [0.05, 0.1) is 29.7 Å². The molecule has 0 fully saturated rings. The Kier molecular flexibility index (Phi) is 10.4. The van der Waals surface area contributed by atoms with Crippen molar-refractivity contribution in [2.45, 2.75) is 66.1 Å². The van der Waals surface area contributed by atoms with Crippen LogP contribution in [-0.2, 0) is 29.0 Å². The van der Waals surface area contributed by atoms with Crippen molar-refractivity contribution in [1.29, 1.82) is 0 Å². The zero-order chi connectivity index (χ0) is 35.4. The Morgan fingerprint density at radius 3 is 1.88 bits per heavy atom. The number of amides is 2. The number of rotatable bonds is 6. The molecule has 5 heterocycles. The SMILES string of the molecule is CC(C)n1c2c(c3ccccc31)C(=O)NCC2.Cc1[nH]cnc1CN1CCc2c(c3ccccc3n2C(C)C)C1=O.O=C(O)C=CC(=O)O. The molecule has 2 aliphatic rings. The van der Waals surface area contributed by atoms with Gasteiger partial charge in [0.1, 0.15) is 0 Å². The van der Waals surface area contributed by atoms with Gasteiger partial charge in [-0.1, -0.05) is 36.4 Å². The number of carboxylic acids is 2. The van der Waals surface area contributed by atoms with Gasteiger partial charge in [-0.05, 0) is 46.8 Å². The van der Waals surface area contributed by atoms with E-state index in [0.29, 0.717) is 30.8 Å². The molecule has 49 heavy (non-hydrogen) atoms. The topological polar surface area (TPSA) is 163 Å². The number of imidazole rings is 1. The molecule has 0 aliphatic carbocycles. The van der Waals surface area contributed by atoms with Crippen molar-refractivity contribution in [3.05, 3.63) is 101 Å². The van der Waals surface area contributed by atoms with E-state index in [1.165, 1.54) is 16.9 Å². The molecule has 0 bridgehead atoms. The van der Waals surface area contributed by atoms with Gasteiger partial charge in [-0.3, -0.25) is 9.59 Å². The molecule has 2 aromatic carbocycles. The number of fused-ring (bicyclic) bond motifs is 6. The van der Waals surface area contributed by atoms with Gasteiger partial charge in [-0.25, -0.2) is 14.6 Å². The van der Waals surface area contributed by atoms with E-state index >= 15 is 0 Å². The first-order valence-electron chi connectivity index (χ1n) is 16.3. The van der Waals surface area contributed by atoms with Crippen molar-refractivity contribution in [3.63, 3.8) is 0 Å². The summed E-state index contributed by atoms with van der Waals surface area (Å²) >= 11 is 0. The van der Waals surface area contributed by atoms with Crippen LogP contribution in [0.15, 0.2) is 67.0 Å². The summed E-state index contributed by atoms with van der Waals surface area (Å²) in [5, 5.41) is 20.7. The molecule has 0 atom stereocenters. The van der Waals surface area contributed by atoms with Crippen molar-refractivity contribution >= 4 is 45.6 Å². The molecule has 7 rings (SSSR count). The molecule has 12 heteroatoms. The zero-order valence-corrected chi connectivity index (χ0v) is 28.4. The van der Waals surface area contributed by atoms with E-state index in [2.05, 4.69) is 70.3 Å². The number of H-pyrrole nitrogens is 1. The van der Waals surface area contributed by atoms with Gasteiger partial charge >= 0.3 is 11.9 Å². The minimum atomic E-state index is -1.26. The molecule has 0 saturated carbocycles. The Balaban J connectivity index is 0.000000163. The van der Waals surface area contributed by atoms with Gasteiger partial charge in [0, 0.05) is 89.1 Å². The van der Waals surface area contributed by atoms with Crippen molar-refractivity contribution in [2.75, 3.05) is 13.1 Å². The van der Waals surface area contributed by atoms with E-state index < -0.39 is 11.9 Å². The van der Waals surface area contributed by atoms with Gasteiger partial charge in [0.15, 0.2) is 0 Å². The minimum absolute atomic E-state index is 0.0712. The number of carbonyl (C=O) groups is 4. The first-order valence-corrected chi connectivity index (χ1v) is 16.3. The highest BCUT2D eigenvalue weighted by Crippen LogP contribution is 2.34. The molecule has 0 spiro atoms. The number of nitrogens with one attached hydrogen (secondary N) is 2. The average Bonchev–Trinajstić information content (AvgIpc) is 3.74. The molecular formula is C37H42N6O6. The Bertz CT molecular complexity index is 2050. The number of aliphatic carboxylic acids is 2. The number of hydrogen-bond donors (Lipinski definition) is 4. The molecule has 4 N–H and O–H groups in total. The molecule has 12 nitrogen and oxygen atoms in total. The van der Waals surface area contributed by atoms with Crippen LogP contribution in [0.4, 0.5) is 0 Å². The van der Waals surface area contributed by atoms with E-state index in [1.807, 2.05) is 42.2 Å². The first-order chi connectivity index (χ1) is 23.4. The largest absolute Gasteiger partial charge is 0.478 e. The predicted octanol–water partition coefficient (Wildman–Crippen LogP) is 5.67. The highest BCUT2D eigenvalue weighted by atomic mass is 16.4. The minimum Gasteiger partial charge on any atom is -0.478 e. The lowest BCUT2D eigenvalue weighted by molar-refractivity contribution is -0.134. The van der Waals surface area contributed by atoms with Gasteiger partial charge in [0.25, 0.3) is 11.8 Å². The summed E-state index contributed by atoms with van der Waals surface area (Å²) in [6, 6.07) is 17.1. The maximum Gasteiger partial charge on any atom is 0.328 e. The number of aromatic nitrogens is 4. The molecule has 5 aromatic rings. The number of aromatic amines is 1. The Hall–Kier alpha value is -5.65. The van der Waals surface area contributed by atoms with Crippen LogP contribution in [-0.4, -0.2) is 71.1 Å². The maximum atomic E-state index is 13.2. The van der Waals surface area contributed by atoms with Gasteiger partial charge in [-0.15, -0.1) is 0 Å². The number of benzene rings is 2. The quantitative estimate of drug-likeness (QED) is 0.170. The summed E-state index contributed by atoms with van der Waals surface area (Å²) in [4.78, 5) is 53.6. The van der Waals surface area contributed by atoms with Crippen LogP contribution in [0.5, 0.6) is 0 Å². The third-order valence-electron chi connectivity index (χ3n) is 8.69. The molecule has 0 unspecified atom stereocenters. The van der Waals surface area contributed by atoms with E-state index in [0.717, 1.165) is 64.7 Å². The van der Waals surface area contributed by atoms with Crippen LogP contribution < -0.4 is 5.32 Å². The van der Waals surface area contributed by atoms with E-state index in [4.69, 9.17) is 10.2 Å². The monoisotopic (exact) mass is 666 g/mol. The number of carboxylic acid groups (broad SMARTS) is 2. The fourth-order valence-corrected chi connectivity index (χ4v) is 6.70. The summed E-state index contributed by atoms with van der Waals surface area (Å²) < 4.78 is 4.61. The van der Waals surface area contributed by atoms with E-state index in [9.17, 15) is 19.2 Å². The zero-order valence-electron chi connectivity index (χ0n) is 28.4. The Morgan fingerprint density at radius 1 is 0.837 bits per heavy atom. The summed E-state index contributed by atoms with van der Waals surface area (Å²) in [6.07, 6.45) is 4.62. The lowest BCUT2D eigenvalue weighted by Crippen LogP contribution is -2.37. The lowest BCUT2D eigenvalue weighted by atomic mass is 10.0. The van der Waals surface area contributed by atoms with Crippen molar-refractivity contribution < 1.29 is 29.4 Å². The average molecular weight is 667 g/mol. The molecule has 2 aliphatic heterocycles. The third kappa shape index (κ3) is 7.13. The van der Waals surface area contributed by atoms with Crippen molar-refractivity contribution in [2.24, 2.45) is 0 Å². The van der Waals surface area contributed by atoms with Crippen LogP contribution in [0.25, 0.3) is 21.8 Å².